The summed E-state index contributed by atoms with van der Waals surface area (Å²) in [6.07, 6.45) is 4.64. The Balaban J connectivity index is 2.05. The van der Waals surface area contributed by atoms with Gasteiger partial charge in [0, 0.05) is 18.8 Å². The minimum Gasteiger partial charge on any atom is -0.369 e. The largest absolute Gasteiger partial charge is 0.369 e. The lowest BCUT2D eigenvalue weighted by molar-refractivity contribution is 0.245. The van der Waals surface area contributed by atoms with Crippen LogP contribution in [0.5, 0.6) is 0 Å². The maximum Gasteiger partial charge on any atom is 0.200 e. The molecule has 1 aliphatic rings. The molecule has 84 valence electrons. The molecule has 1 saturated heterocycles. The summed E-state index contributed by atoms with van der Waals surface area (Å²) < 4.78 is 2.08. The Kier molecular flexibility index (Phi) is 2.95. The molecule has 0 bridgehead atoms. The van der Waals surface area contributed by atoms with E-state index >= 15 is 0 Å². The Morgan fingerprint density at radius 1 is 1.60 bits per heavy atom. The molecule has 1 fully saturated rings. The van der Waals surface area contributed by atoms with Gasteiger partial charge in [-0.15, -0.1) is 0 Å². The Bertz CT molecular complexity index is 331. The van der Waals surface area contributed by atoms with Crippen molar-refractivity contribution in [2.75, 3.05) is 18.8 Å². The first-order valence-corrected chi connectivity index (χ1v) is 5.74. The van der Waals surface area contributed by atoms with Crippen molar-refractivity contribution in [3.8, 4) is 0 Å². The number of likely N-dealkylation sites (tertiary alicyclic amines) is 1. The number of nitrogen functional groups attached to an aromatic ring is 1. The summed E-state index contributed by atoms with van der Waals surface area (Å²) in [7, 11) is 0. The number of hydrogen-bond acceptors (Lipinski definition) is 3. The van der Waals surface area contributed by atoms with E-state index < -0.39 is 0 Å². The predicted octanol–water partition coefficient (Wildman–Crippen LogP) is 1.26. The number of aromatic nitrogens is 2. The van der Waals surface area contributed by atoms with Gasteiger partial charge in [-0.2, -0.15) is 0 Å². The van der Waals surface area contributed by atoms with Crippen LogP contribution in [0, 0.1) is 6.92 Å². The van der Waals surface area contributed by atoms with Gasteiger partial charge in [-0.05, 0) is 32.9 Å². The molecule has 1 unspecified atom stereocenters. The summed E-state index contributed by atoms with van der Waals surface area (Å²) in [5.41, 5.74) is 6.85. The van der Waals surface area contributed by atoms with Crippen molar-refractivity contribution in [3.63, 3.8) is 0 Å². The van der Waals surface area contributed by atoms with Crippen LogP contribution in [0.1, 0.15) is 25.5 Å². The van der Waals surface area contributed by atoms with Gasteiger partial charge in [0.2, 0.25) is 0 Å². The van der Waals surface area contributed by atoms with Crippen LogP contribution in [-0.4, -0.2) is 33.6 Å². The van der Waals surface area contributed by atoms with E-state index in [0.29, 0.717) is 12.0 Å². The molecule has 15 heavy (non-hydrogen) atoms. The molecule has 0 amide bonds. The van der Waals surface area contributed by atoms with Crippen LogP contribution in [0.25, 0.3) is 0 Å². The third-order valence-electron chi connectivity index (χ3n) is 3.24. The summed E-state index contributed by atoms with van der Waals surface area (Å²) in [4.78, 5) is 6.75. The summed E-state index contributed by atoms with van der Waals surface area (Å²) >= 11 is 0. The molecule has 1 aromatic rings. The summed E-state index contributed by atoms with van der Waals surface area (Å²) in [5.74, 6) is 0.649. The highest BCUT2D eigenvalue weighted by Crippen LogP contribution is 2.19. The standard InChI is InChI=1S/C11H20N4/c1-3-14-6-4-5-10(14)8-15-7-9(2)13-11(15)12/h7,10H,3-6,8H2,1-2H3,(H2,12,13). The average molecular weight is 208 g/mol. The molecule has 2 heterocycles. The molecule has 1 atom stereocenters. The van der Waals surface area contributed by atoms with Gasteiger partial charge < -0.3 is 10.3 Å². The maximum atomic E-state index is 5.84. The molecule has 1 aromatic heterocycles. The van der Waals surface area contributed by atoms with E-state index in [9.17, 15) is 0 Å². The summed E-state index contributed by atoms with van der Waals surface area (Å²) in [6.45, 7) is 7.56. The van der Waals surface area contributed by atoms with E-state index in [2.05, 4.69) is 21.4 Å². The quantitative estimate of drug-likeness (QED) is 0.813. The fourth-order valence-corrected chi connectivity index (χ4v) is 2.46. The van der Waals surface area contributed by atoms with Crippen molar-refractivity contribution in [1.82, 2.24) is 14.5 Å². The summed E-state index contributed by atoms with van der Waals surface area (Å²) in [6, 6.07) is 0.644. The number of nitrogens with zero attached hydrogens (tertiary/aromatic N) is 3. The number of aryl methyl sites for hydroxylation is 1. The molecule has 0 aromatic carbocycles. The highest BCUT2D eigenvalue weighted by atomic mass is 15.2. The normalized spacial score (nSPS) is 22.4. The van der Waals surface area contributed by atoms with E-state index in [1.165, 1.54) is 19.4 Å². The van der Waals surface area contributed by atoms with Crippen molar-refractivity contribution in [3.05, 3.63) is 11.9 Å². The monoisotopic (exact) mass is 208 g/mol. The molecular formula is C11H20N4. The lowest BCUT2D eigenvalue weighted by Crippen LogP contribution is -2.32. The van der Waals surface area contributed by atoms with Crippen LogP contribution in [-0.2, 0) is 6.54 Å². The van der Waals surface area contributed by atoms with Gasteiger partial charge in [0.05, 0.1) is 5.69 Å². The van der Waals surface area contributed by atoms with Crippen LogP contribution in [0.4, 0.5) is 5.95 Å². The number of anilines is 1. The molecule has 0 aliphatic carbocycles. The van der Waals surface area contributed by atoms with Crippen LogP contribution in [0.2, 0.25) is 0 Å². The predicted molar refractivity (Wildman–Crippen MR) is 61.6 cm³/mol. The van der Waals surface area contributed by atoms with Crippen molar-refractivity contribution < 1.29 is 0 Å². The van der Waals surface area contributed by atoms with E-state index in [1.807, 2.05) is 13.1 Å². The SMILES string of the molecule is CCN1CCCC1Cn1cc(C)nc1N. The van der Waals surface area contributed by atoms with Crippen molar-refractivity contribution in [2.45, 2.75) is 39.3 Å². The van der Waals surface area contributed by atoms with Gasteiger partial charge >= 0.3 is 0 Å². The van der Waals surface area contributed by atoms with Gasteiger partial charge in [-0.25, -0.2) is 4.98 Å². The molecule has 2 N–H and O–H groups in total. The molecule has 4 nitrogen and oxygen atoms in total. The van der Waals surface area contributed by atoms with E-state index in [4.69, 9.17) is 5.73 Å². The average Bonchev–Trinajstić information content (AvgIpc) is 2.74. The second-order valence-electron chi connectivity index (χ2n) is 4.32. The van der Waals surface area contributed by atoms with Crippen LogP contribution >= 0.6 is 0 Å². The molecule has 2 rings (SSSR count). The molecule has 4 heteroatoms. The van der Waals surface area contributed by atoms with E-state index in [-0.39, 0.29) is 0 Å². The van der Waals surface area contributed by atoms with Gasteiger partial charge in [0.25, 0.3) is 0 Å². The maximum absolute atomic E-state index is 5.84. The van der Waals surface area contributed by atoms with Gasteiger partial charge in [0.1, 0.15) is 0 Å². The topological polar surface area (TPSA) is 47.1 Å². The van der Waals surface area contributed by atoms with Crippen LogP contribution in [0.3, 0.4) is 0 Å². The lowest BCUT2D eigenvalue weighted by Gasteiger charge is -2.23. The minimum atomic E-state index is 0.644. The van der Waals surface area contributed by atoms with Gasteiger partial charge in [0.15, 0.2) is 5.95 Å². The highest BCUT2D eigenvalue weighted by Gasteiger charge is 2.23. The molecule has 0 radical (unpaired) electrons. The zero-order valence-electron chi connectivity index (χ0n) is 9.61. The van der Waals surface area contributed by atoms with Crippen molar-refractivity contribution >= 4 is 5.95 Å². The first-order chi connectivity index (χ1) is 7.20. The fourth-order valence-electron chi connectivity index (χ4n) is 2.46. The summed E-state index contributed by atoms with van der Waals surface area (Å²) in [5, 5.41) is 0. The lowest BCUT2D eigenvalue weighted by atomic mass is 10.2. The number of rotatable bonds is 3. The molecule has 0 spiro atoms. The third-order valence-corrected chi connectivity index (χ3v) is 3.24. The smallest absolute Gasteiger partial charge is 0.200 e. The Morgan fingerprint density at radius 3 is 3.00 bits per heavy atom. The van der Waals surface area contributed by atoms with E-state index in [1.54, 1.807) is 0 Å². The van der Waals surface area contributed by atoms with Crippen LogP contribution in [0.15, 0.2) is 6.20 Å². The molecular weight excluding hydrogens is 188 g/mol. The Labute approximate surface area is 91.1 Å². The highest BCUT2D eigenvalue weighted by molar-refractivity contribution is 5.21. The fraction of sp³-hybridized carbons (Fsp3) is 0.727. The van der Waals surface area contributed by atoms with Gasteiger partial charge in [-0.3, -0.25) is 4.90 Å². The first kappa shape index (κ1) is 10.5. The zero-order chi connectivity index (χ0) is 10.8. The van der Waals surface area contributed by atoms with Gasteiger partial charge in [-0.1, -0.05) is 6.92 Å². The second kappa shape index (κ2) is 4.23. The number of hydrogen-bond donors (Lipinski definition) is 1. The minimum absolute atomic E-state index is 0.644. The molecule has 0 saturated carbocycles. The third kappa shape index (κ3) is 2.15. The van der Waals surface area contributed by atoms with Crippen molar-refractivity contribution in [1.29, 1.82) is 0 Å². The second-order valence-corrected chi connectivity index (χ2v) is 4.32. The van der Waals surface area contributed by atoms with E-state index in [0.717, 1.165) is 18.8 Å². The number of imidazole rings is 1. The first-order valence-electron chi connectivity index (χ1n) is 5.74. The Morgan fingerprint density at radius 2 is 2.40 bits per heavy atom. The molecule has 1 aliphatic heterocycles. The number of nitrogens with two attached hydrogens (primary N) is 1. The van der Waals surface area contributed by atoms with Crippen LogP contribution < -0.4 is 5.73 Å². The zero-order valence-corrected chi connectivity index (χ0v) is 9.61. The Hall–Kier alpha value is -1.03. The van der Waals surface area contributed by atoms with Crippen molar-refractivity contribution in [2.24, 2.45) is 0 Å². The number of likely N-dealkylation sites (N-methyl/N-ethyl adjacent to an activating group) is 1.